The van der Waals surface area contributed by atoms with Crippen molar-refractivity contribution < 1.29 is 18.9 Å². The quantitative estimate of drug-likeness (QED) is 0.451. The average Bonchev–Trinajstić information content (AvgIpc) is 3.43. The second-order valence-electron chi connectivity index (χ2n) is 6.93. The largest absolute Gasteiger partial charge is 0.484 e. The predicted octanol–water partition coefficient (Wildman–Crippen LogP) is 4.25. The summed E-state index contributed by atoms with van der Waals surface area (Å²) in [6.45, 7) is 1.76. The number of carbonyl (C=O) groups is 1. The Morgan fingerprint density at radius 1 is 1.20 bits per heavy atom. The highest BCUT2D eigenvalue weighted by Crippen LogP contribution is 2.33. The Balaban J connectivity index is 1.51. The zero-order chi connectivity index (χ0) is 21.1. The molecule has 0 saturated carbocycles. The number of nitro groups is 1. The Morgan fingerprint density at radius 2 is 1.93 bits per heavy atom. The maximum atomic E-state index is 12.9. The molecule has 0 fully saturated rings. The van der Waals surface area contributed by atoms with Gasteiger partial charge < -0.3 is 9.15 Å². The predicted molar refractivity (Wildman–Crippen MR) is 109 cm³/mol. The van der Waals surface area contributed by atoms with Gasteiger partial charge in [0.05, 0.1) is 16.9 Å². The van der Waals surface area contributed by atoms with Crippen LogP contribution in [0, 0.1) is 17.0 Å². The molecule has 0 aliphatic carbocycles. The van der Waals surface area contributed by atoms with Gasteiger partial charge in [-0.1, -0.05) is 29.8 Å². The van der Waals surface area contributed by atoms with Crippen LogP contribution in [0.25, 0.3) is 0 Å². The van der Waals surface area contributed by atoms with Crippen LogP contribution in [0.2, 0.25) is 0 Å². The molecule has 1 amide bonds. The van der Waals surface area contributed by atoms with Crippen LogP contribution in [0.15, 0.2) is 76.4 Å². The second-order valence-corrected chi connectivity index (χ2v) is 6.93. The Bertz CT molecular complexity index is 1070. The van der Waals surface area contributed by atoms with Crippen molar-refractivity contribution in [3.05, 3.63) is 93.9 Å². The van der Waals surface area contributed by atoms with Gasteiger partial charge in [0, 0.05) is 18.6 Å². The van der Waals surface area contributed by atoms with Crippen molar-refractivity contribution in [2.45, 2.75) is 19.4 Å². The molecule has 1 atom stereocenters. The first-order valence-electron chi connectivity index (χ1n) is 9.38. The number of furan rings is 1. The fourth-order valence-corrected chi connectivity index (χ4v) is 3.24. The number of hydrogen-bond acceptors (Lipinski definition) is 6. The van der Waals surface area contributed by atoms with Gasteiger partial charge in [0.1, 0.15) is 17.6 Å². The Morgan fingerprint density at radius 3 is 2.57 bits per heavy atom. The van der Waals surface area contributed by atoms with Crippen molar-refractivity contribution in [2.24, 2.45) is 5.10 Å². The molecule has 1 aromatic heterocycles. The molecule has 0 saturated heterocycles. The molecule has 1 aliphatic heterocycles. The minimum atomic E-state index is -0.492. The normalized spacial score (nSPS) is 15.7. The first-order valence-corrected chi connectivity index (χ1v) is 9.38. The average molecular weight is 405 g/mol. The first-order chi connectivity index (χ1) is 14.5. The summed E-state index contributed by atoms with van der Waals surface area (Å²) in [5.41, 5.74) is 2.84. The number of amides is 1. The molecular weight excluding hydrogens is 386 g/mol. The van der Waals surface area contributed by atoms with Gasteiger partial charge in [0.2, 0.25) is 0 Å². The Kier molecular flexibility index (Phi) is 5.30. The van der Waals surface area contributed by atoms with Crippen molar-refractivity contribution in [1.29, 1.82) is 0 Å². The van der Waals surface area contributed by atoms with Gasteiger partial charge >= 0.3 is 0 Å². The van der Waals surface area contributed by atoms with E-state index in [1.54, 1.807) is 12.3 Å². The van der Waals surface area contributed by atoms with Gasteiger partial charge in [-0.05, 0) is 36.8 Å². The number of hydrazone groups is 1. The lowest BCUT2D eigenvalue weighted by Crippen LogP contribution is -2.31. The molecule has 0 spiro atoms. The molecule has 8 nitrogen and oxygen atoms in total. The maximum Gasteiger partial charge on any atom is 0.281 e. The van der Waals surface area contributed by atoms with E-state index < -0.39 is 4.92 Å². The van der Waals surface area contributed by atoms with E-state index in [0.29, 0.717) is 17.9 Å². The van der Waals surface area contributed by atoms with Crippen LogP contribution >= 0.6 is 0 Å². The number of hydrogen-bond donors (Lipinski definition) is 0. The van der Waals surface area contributed by atoms with Crippen molar-refractivity contribution >= 4 is 17.3 Å². The summed E-state index contributed by atoms with van der Waals surface area (Å²) in [7, 11) is 0. The molecule has 2 aromatic carbocycles. The third-order valence-electron chi connectivity index (χ3n) is 4.83. The zero-order valence-electron chi connectivity index (χ0n) is 16.2. The number of carbonyl (C=O) groups excluding carboxylic acids is 1. The lowest BCUT2D eigenvalue weighted by molar-refractivity contribution is -0.384. The highest BCUT2D eigenvalue weighted by Gasteiger charge is 2.35. The lowest BCUT2D eigenvalue weighted by Gasteiger charge is -2.19. The van der Waals surface area contributed by atoms with Crippen molar-refractivity contribution in [1.82, 2.24) is 5.01 Å². The highest BCUT2D eigenvalue weighted by molar-refractivity contribution is 6.03. The number of benzene rings is 2. The van der Waals surface area contributed by atoms with Crippen LogP contribution in [-0.4, -0.2) is 28.2 Å². The summed E-state index contributed by atoms with van der Waals surface area (Å²) in [6, 6.07) is 16.8. The lowest BCUT2D eigenvalue weighted by atomic mass is 10.0. The van der Waals surface area contributed by atoms with E-state index in [4.69, 9.17) is 9.15 Å². The fraction of sp³-hybridized carbons (Fsp3) is 0.182. The van der Waals surface area contributed by atoms with Gasteiger partial charge in [-0.15, -0.1) is 0 Å². The van der Waals surface area contributed by atoms with E-state index >= 15 is 0 Å². The van der Waals surface area contributed by atoms with E-state index in [1.165, 1.54) is 29.3 Å². The number of rotatable bonds is 6. The molecule has 0 unspecified atom stereocenters. The molecule has 0 bridgehead atoms. The highest BCUT2D eigenvalue weighted by atomic mass is 16.6. The van der Waals surface area contributed by atoms with Crippen LogP contribution < -0.4 is 4.74 Å². The van der Waals surface area contributed by atoms with Crippen molar-refractivity contribution in [3.8, 4) is 5.75 Å². The number of ether oxygens (including phenoxy) is 1. The smallest absolute Gasteiger partial charge is 0.281 e. The van der Waals surface area contributed by atoms with Gasteiger partial charge in [0.15, 0.2) is 6.61 Å². The van der Waals surface area contributed by atoms with Crippen LogP contribution in [-0.2, 0) is 4.79 Å². The van der Waals surface area contributed by atoms with E-state index in [9.17, 15) is 14.9 Å². The van der Waals surface area contributed by atoms with Crippen molar-refractivity contribution in [2.75, 3.05) is 6.61 Å². The standard InChI is InChI=1S/C22H19N3O5/c1-15-4-6-16(7-5-15)19-13-20(21-3-2-12-29-21)24(23-19)22(26)14-30-18-10-8-17(9-11-18)25(27)28/h2-12,20H,13-14H2,1H3/t20-/m0/s1. The molecule has 8 heteroatoms. The monoisotopic (exact) mass is 405 g/mol. The summed E-state index contributed by atoms with van der Waals surface area (Å²) < 4.78 is 11.1. The first kappa shape index (κ1) is 19.4. The molecule has 2 heterocycles. The Hall–Kier alpha value is -3.94. The van der Waals surface area contributed by atoms with Gasteiger partial charge in [-0.2, -0.15) is 5.10 Å². The molecule has 4 rings (SSSR count). The number of non-ortho nitro benzene ring substituents is 1. The summed E-state index contributed by atoms with van der Waals surface area (Å²) in [6.07, 6.45) is 2.09. The molecule has 0 N–H and O–H groups in total. The minimum Gasteiger partial charge on any atom is -0.484 e. The fourth-order valence-electron chi connectivity index (χ4n) is 3.24. The molecule has 0 radical (unpaired) electrons. The van der Waals surface area contributed by atoms with Crippen molar-refractivity contribution in [3.63, 3.8) is 0 Å². The van der Waals surface area contributed by atoms with Crippen LogP contribution in [0.1, 0.15) is 29.3 Å². The molecule has 152 valence electrons. The summed E-state index contributed by atoms with van der Waals surface area (Å²) >= 11 is 0. The summed E-state index contributed by atoms with van der Waals surface area (Å²) in [5.74, 6) is 0.673. The number of nitro benzene ring substituents is 1. The van der Waals surface area contributed by atoms with E-state index in [-0.39, 0.29) is 24.2 Å². The maximum absolute atomic E-state index is 12.9. The summed E-state index contributed by atoms with van der Waals surface area (Å²) in [5, 5.41) is 16.7. The van der Waals surface area contributed by atoms with E-state index in [1.807, 2.05) is 37.3 Å². The van der Waals surface area contributed by atoms with Gasteiger partial charge in [0.25, 0.3) is 11.6 Å². The number of nitrogens with zero attached hydrogens (tertiary/aromatic N) is 3. The van der Waals surface area contributed by atoms with E-state index in [0.717, 1.165) is 16.8 Å². The Labute approximate surface area is 172 Å². The van der Waals surface area contributed by atoms with Crippen LogP contribution in [0.3, 0.4) is 0 Å². The molecule has 3 aromatic rings. The molecule has 30 heavy (non-hydrogen) atoms. The second kappa shape index (κ2) is 8.20. The SMILES string of the molecule is Cc1ccc(C2=NN(C(=O)COc3ccc([N+](=O)[O-])cc3)[C@H](c3ccco3)C2)cc1. The third kappa shape index (κ3) is 4.07. The van der Waals surface area contributed by atoms with Gasteiger partial charge in [-0.3, -0.25) is 14.9 Å². The minimum absolute atomic E-state index is 0.0431. The summed E-state index contributed by atoms with van der Waals surface area (Å²) in [4.78, 5) is 23.1. The topological polar surface area (TPSA) is 98.2 Å². The van der Waals surface area contributed by atoms with Crippen LogP contribution in [0.5, 0.6) is 5.75 Å². The molecule has 1 aliphatic rings. The third-order valence-corrected chi connectivity index (χ3v) is 4.83. The molecular formula is C22H19N3O5. The van der Waals surface area contributed by atoms with Crippen LogP contribution in [0.4, 0.5) is 5.69 Å². The van der Waals surface area contributed by atoms with Gasteiger partial charge in [-0.25, -0.2) is 5.01 Å². The number of aryl methyl sites for hydroxylation is 1. The van der Waals surface area contributed by atoms with E-state index in [2.05, 4.69) is 5.10 Å². The zero-order valence-corrected chi connectivity index (χ0v) is 16.2.